The fourth-order valence-corrected chi connectivity index (χ4v) is 7.37. The van der Waals surface area contributed by atoms with Gasteiger partial charge >= 0.3 is 0 Å². The van der Waals surface area contributed by atoms with Crippen LogP contribution >= 0.6 is 0 Å². The molecule has 0 atom stereocenters. The number of hydrogen-bond donors (Lipinski definition) is 0. The first kappa shape index (κ1) is 30.4. The minimum absolute atomic E-state index is 1.10. The van der Waals surface area contributed by atoms with Crippen molar-refractivity contribution in [1.82, 2.24) is 0 Å². The molecule has 0 spiro atoms. The van der Waals surface area contributed by atoms with Gasteiger partial charge in [-0.1, -0.05) is 176 Å². The Morgan fingerprint density at radius 3 is 1.27 bits per heavy atom. The van der Waals surface area contributed by atoms with Crippen LogP contribution in [0.5, 0.6) is 0 Å². The van der Waals surface area contributed by atoms with Crippen molar-refractivity contribution in [1.29, 1.82) is 0 Å². The van der Waals surface area contributed by atoms with Gasteiger partial charge in [-0.3, -0.25) is 0 Å². The van der Waals surface area contributed by atoms with Gasteiger partial charge in [0.25, 0.3) is 0 Å². The third-order valence-corrected chi connectivity index (χ3v) is 9.87. The maximum atomic E-state index is 2.40. The van der Waals surface area contributed by atoms with Crippen molar-refractivity contribution in [2.45, 2.75) is 0 Å². The van der Waals surface area contributed by atoms with Gasteiger partial charge in [0.1, 0.15) is 0 Å². The van der Waals surface area contributed by atoms with Gasteiger partial charge in [-0.25, -0.2) is 0 Å². The first-order chi connectivity index (χ1) is 25.3. The molecule has 0 amide bonds. The number of rotatable bonds is 7. The lowest BCUT2D eigenvalue weighted by atomic mass is 9.93. The number of benzene rings is 9. The SMILES string of the molecule is c1ccc(-c2ccccc2-c2ccc(N(c3ccc(-c4ccccc4)c(-c4ccccc4)c3)c3ccc4ccc5ccccc5c4c3)cc2)cc1. The summed E-state index contributed by atoms with van der Waals surface area (Å²) in [6.45, 7) is 0. The van der Waals surface area contributed by atoms with Gasteiger partial charge in [0.05, 0.1) is 0 Å². The van der Waals surface area contributed by atoms with Crippen LogP contribution in [0.25, 0.3) is 66.1 Å². The predicted molar refractivity (Wildman–Crippen MR) is 218 cm³/mol. The van der Waals surface area contributed by atoms with Crippen molar-refractivity contribution in [3.63, 3.8) is 0 Å². The molecule has 0 N–H and O–H groups in total. The van der Waals surface area contributed by atoms with Crippen LogP contribution in [0.15, 0.2) is 212 Å². The maximum Gasteiger partial charge on any atom is 0.0468 e. The topological polar surface area (TPSA) is 3.24 Å². The summed E-state index contributed by atoms with van der Waals surface area (Å²) in [5.41, 5.74) is 13.0. The Morgan fingerprint density at radius 1 is 0.235 bits per heavy atom. The van der Waals surface area contributed by atoms with Crippen molar-refractivity contribution < 1.29 is 0 Å². The van der Waals surface area contributed by atoms with Gasteiger partial charge in [-0.15, -0.1) is 0 Å². The second-order valence-corrected chi connectivity index (χ2v) is 12.9. The average molecular weight is 650 g/mol. The molecule has 0 bridgehead atoms. The van der Waals surface area contributed by atoms with Crippen LogP contribution in [0, 0.1) is 0 Å². The van der Waals surface area contributed by atoms with Gasteiger partial charge < -0.3 is 4.90 Å². The van der Waals surface area contributed by atoms with Crippen LogP contribution in [-0.2, 0) is 0 Å². The first-order valence-corrected chi connectivity index (χ1v) is 17.5. The highest BCUT2D eigenvalue weighted by atomic mass is 15.1. The predicted octanol–water partition coefficient (Wildman–Crippen LogP) is 14.1. The molecular weight excluding hydrogens is 615 g/mol. The molecule has 9 aromatic carbocycles. The minimum atomic E-state index is 1.10. The summed E-state index contributed by atoms with van der Waals surface area (Å²) in [6, 6.07) is 76.7. The fraction of sp³-hybridized carbons (Fsp3) is 0. The van der Waals surface area contributed by atoms with E-state index in [1.807, 2.05) is 0 Å². The average Bonchev–Trinajstić information content (AvgIpc) is 3.22. The van der Waals surface area contributed by atoms with Crippen LogP contribution in [-0.4, -0.2) is 0 Å². The summed E-state index contributed by atoms with van der Waals surface area (Å²) in [5, 5.41) is 4.98. The van der Waals surface area contributed by atoms with E-state index >= 15 is 0 Å². The molecule has 0 saturated carbocycles. The number of fused-ring (bicyclic) bond motifs is 3. The van der Waals surface area contributed by atoms with Gasteiger partial charge in [-0.05, 0) is 102 Å². The molecule has 0 radical (unpaired) electrons. The molecule has 240 valence electrons. The third kappa shape index (κ3) is 5.86. The van der Waals surface area contributed by atoms with Crippen LogP contribution in [0.1, 0.15) is 0 Å². The molecule has 0 saturated heterocycles. The van der Waals surface area contributed by atoms with Gasteiger partial charge in [0.2, 0.25) is 0 Å². The summed E-state index contributed by atoms with van der Waals surface area (Å²) < 4.78 is 0. The van der Waals surface area contributed by atoms with Gasteiger partial charge in [-0.2, -0.15) is 0 Å². The second kappa shape index (κ2) is 13.3. The van der Waals surface area contributed by atoms with Crippen LogP contribution in [0.4, 0.5) is 17.1 Å². The highest BCUT2D eigenvalue weighted by Gasteiger charge is 2.18. The minimum Gasteiger partial charge on any atom is -0.310 e. The van der Waals surface area contributed by atoms with E-state index in [0.717, 1.165) is 17.1 Å². The lowest BCUT2D eigenvalue weighted by Gasteiger charge is -2.27. The summed E-state index contributed by atoms with van der Waals surface area (Å²) in [7, 11) is 0. The second-order valence-electron chi connectivity index (χ2n) is 12.9. The molecule has 9 aromatic rings. The van der Waals surface area contributed by atoms with E-state index in [1.54, 1.807) is 0 Å². The van der Waals surface area contributed by atoms with Crippen molar-refractivity contribution in [2.75, 3.05) is 4.90 Å². The van der Waals surface area contributed by atoms with E-state index in [2.05, 4.69) is 217 Å². The molecule has 0 aromatic heterocycles. The molecule has 1 heteroatoms. The Balaban J connectivity index is 1.23. The van der Waals surface area contributed by atoms with E-state index in [0.29, 0.717) is 0 Å². The lowest BCUT2D eigenvalue weighted by molar-refractivity contribution is 1.29. The first-order valence-electron chi connectivity index (χ1n) is 17.5. The molecule has 9 rings (SSSR count). The molecule has 0 aliphatic rings. The summed E-state index contributed by atoms with van der Waals surface area (Å²) in [4.78, 5) is 2.40. The Morgan fingerprint density at radius 2 is 0.647 bits per heavy atom. The summed E-state index contributed by atoms with van der Waals surface area (Å²) >= 11 is 0. The van der Waals surface area contributed by atoms with E-state index < -0.39 is 0 Å². The summed E-state index contributed by atoms with van der Waals surface area (Å²) in [6.07, 6.45) is 0. The molecule has 0 unspecified atom stereocenters. The molecule has 0 heterocycles. The largest absolute Gasteiger partial charge is 0.310 e. The monoisotopic (exact) mass is 649 g/mol. The molecule has 0 aliphatic carbocycles. The lowest BCUT2D eigenvalue weighted by Crippen LogP contribution is -2.10. The van der Waals surface area contributed by atoms with Gasteiger partial charge in [0.15, 0.2) is 0 Å². The van der Waals surface area contributed by atoms with Crippen LogP contribution < -0.4 is 4.90 Å². The Kier molecular flexibility index (Phi) is 7.92. The van der Waals surface area contributed by atoms with Crippen LogP contribution in [0.2, 0.25) is 0 Å². The zero-order valence-electron chi connectivity index (χ0n) is 28.2. The maximum absolute atomic E-state index is 2.40. The van der Waals surface area contributed by atoms with E-state index in [9.17, 15) is 0 Å². The Hall–Kier alpha value is -6.70. The highest BCUT2D eigenvalue weighted by Crippen LogP contribution is 2.43. The quantitative estimate of drug-likeness (QED) is 0.155. The van der Waals surface area contributed by atoms with Crippen molar-refractivity contribution in [2.24, 2.45) is 0 Å². The van der Waals surface area contributed by atoms with Crippen molar-refractivity contribution >= 4 is 38.6 Å². The smallest absolute Gasteiger partial charge is 0.0468 e. The van der Waals surface area contributed by atoms with Crippen molar-refractivity contribution in [3.05, 3.63) is 212 Å². The van der Waals surface area contributed by atoms with E-state index in [1.165, 1.54) is 66.1 Å². The van der Waals surface area contributed by atoms with Gasteiger partial charge in [0, 0.05) is 17.1 Å². The number of nitrogens with zero attached hydrogens (tertiary/aromatic N) is 1. The fourth-order valence-electron chi connectivity index (χ4n) is 7.37. The Bertz CT molecular complexity index is 2610. The zero-order valence-corrected chi connectivity index (χ0v) is 28.2. The standard InChI is InChI=1S/C50H35N/c1-4-14-36(15-5-1)45-21-12-13-22-46(45)40-26-29-42(30-27-40)51(43-31-28-41-25-24-39-20-10-11-23-47(39)50(41)34-43)44-32-33-48(37-16-6-2-7-17-37)49(35-44)38-18-8-3-9-19-38/h1-35H. The zero-order chi connectivity index (χ0) is 34.0. The third-order valence-electron chi connectivity index (χ3n) is 9.87. The van der Waals surface area contributed by atoms with Crippen molar-refractivity contribution in [3.8, 4) is 44.5 Å². The molecule has 0 fully saturated rings. The highest BCUT2D eigenvalue weighted by molar-refractivity contribution is 6.09. The van der Waals surface area contributed by atoms with Crippen LogP contribution in [0.3, 0.4) is 0 Å². The van der Waals surface area contributed by atoms with E-state index in [4.69, 9.17) is 0 Å². The number of hydrogen-bond acceptors (Lipinski definition) is 1. The molecule has 51 heavy (non-hydrogen) atoms. The molecular formula is C50H35N. The molecule has 0 aliphatic heterocycles. The number of anilines is 3. The summed E-state index contributed by atoms with van der Waals surface area (Å²) in [5.74, 6) is 0. The normalized spacial score (nSPS) is 11.1. The molecule has 1 nitrogen and oxygen atoms in total. The Labute approximate surface area is 299 Å². The van der Waals surface area contributed by atoms with E-state index in [-0.39, 0.29) is 0 Å².